The highest BCUT2D eigenvalue weighted by Gasteiger charge is 2.32. The predicted octanol–water partition coefficient (Wildman–Crippen LogP) is 2.61. The van der Waals surface area contributed by atoms with E-state index in [1.54, 1.807) is 0 Å². The lowest BCUT2D eigenvalue weighted by Crippen LogP contribution is -2.47. The van der Waals surface area contributed by atoms with Gasteiger partial charge >= 0.3 is 0 Å². The largest absolute Gasteiger partial charge is 0.350 e. The van der Waals surface area contributed by atoms with E-state index in [1.807, 2.05) is 47.4 Å². The van der Waals surface area contributed by atoms with Crippen molar-refractivity contribution in [2.24, 2.45) is 0 Å². The number of carbonyl (C=O) groups is 1. The van der Waals surface area contributed by atoms with E-state index < -0.39 is 15.9 Å². The van der Waals surface area contributed by atoms with Gasteiger partial charge in [-0.1, -0.05) is 54.6 Å². The molecule has 0 aliphatic carbocycles. The second kappa shape index (κ2) is 10.4. The van der Waals surface area contributed by atoms with Gasteiger partial charge in [0.05, 0.1) is 11.5 Å². The number of hydrogen-bond donors (Lipinski definition) is 1. The van der Waals surface area contributed by atoms with Crippen LogP contribution >= 0.6 is 0 Å². The van der Waals surface area contributed by atoms with E-state index in [1.165, 1.54) is 5.56 Å². The van der Waals surface area contributed by atoms with Crippen molar-refractivity contribution in [2.45, 2.75) is 39.0 Å². The minimum absolute atomic E-state index is 0.0913. The Bertz CT molecular complexity index is 963. The Hall–Kier alpha value is -2.22. The molecule has 1 heterocycles. The number of nitrogens with one attached hydrogen (secondary N) is 1. The third kappa shape index (κ3) is 6.38. The number of hydrogen-bond acceptors (Lipinski definition) is 5. The number of carbonyl (C=O) groups excluding carboxylic acids is 1. The smallest absolute Gasteiger partial charge is 0.242 e. The highest BCUT2D eigenvalue weighted by atomic mass is 32.2. The summed E-state index contributed by atoms with van der Waals surface area (Å²) in [5, 5.41) is 3.11. The molecule has 168 valence electrons. The van der Waals surface area contributed by atoms with Crippen molar-refractivity contribution >= 4 is 15.7 Å². The lowest BCUT2D eigenvalue weighted by atomic mass is 10.0. The summed E-state index contributed by atoms with van der Waals surface area (Å²) in [5.74, 6) is 0.0830. The maximum absolute atomic E-state index is 13.3. The SMILES string of the molecule is CC(C)N(C)Cc1ccccc1CNC(=O)C(c1ccccc1)N1CCS(=O)(=O)CC1. The van der Waals surface area contributed by atoms with Gasteiger partial charge in [0.2, 0.25) is 5.91 Å². The zero-order valence-electron chi connectivity index (χ0n) is 18.6. The number of nitrogens with zero attached hydrogens (tertiary/aromatic N) is 2. The first-order valence-corrected chi connectivity index (χ1v) is 12.6. The van der Waals surface area contributed by atoms with Crippen LogP contribution in [0.25, 0.3) is 0 Å². The normalized spacial score (nSPS) is 17.6. The fraction of sp³-hybridized carbons (Fsp3) is 0.458. The van der Waals surface area contributed by atoms with Crippen molar-refractivity contribution in [1.29, 1.82) is 0 Å². The Labute approximate surface area is 186 Å². The van der Waals surface area contributed by atoms with Gasteiger partial charge in [0.15, 0.2) is 9.84 Å². The van der Waals surface area contributed by atoms with Crippen LogP contribution in [0.4, 0.5) is 0 Å². The minimum Gasteiger partial charge on any atom is -0.350 e. The molecule has 7 heteroatoms. The Kier molecular flexibility index (Phi) is 7.86. The monoisotopic (exact) mass is 443 g/mol. The molecule has 0 saturated carbocycles. The molecule has 0 bridgehead atoms. The van der Waals surface area contributed by atoms with E-state index in [-0.39, 0.29) is 17.4 Å². The van der Waals surface area contributed by atoms with Crippen molar-refractivity contribution in [3.05, 3.63) is 71.3 Å². The molecule has 0 radical (unpaired) electrons. The second-order valence-corrected chi connectivity index (χ2v) is 10.8. The Morgan fingerprint density at radius 3 is 2.19 bits per heavy atom. The van der Waals surface area contributed by atoms with Crippen molar-refractivity contribution in [1.82, 2.24) is 15.1 Å². The van der Waals surface area contributed by atoms with Crippen LogP contribution in [0.2, 0.25) is 0 Å². The first-order valence-electron chi connectivity index (χ1n) is 10.8. The fourth-order valence-electron chi connectivity index (χ4n) is 3.76. The average molecular weight is 444 g/mol. The van der Waals surface area contributed by atoms with Crippen molar-refractivity contribution in [2.75, 3.05) is 31.6 Å². The number of rotatable bonds is 8. The molecular weight excluding hydrogens is 410 g/mol. The van der Waals surface area contributed by atoms with Crippen LogP contribution < -0.4 is 5.32 Å². The van der Waals surface area contributed by atoms with E-state index in [9.17, 15) is 13.2 Å². The van der Waals surface area contributed by atoms with Gasteiger partial charge in [-0.05, 0) is 37.6 Å². The van der Waals surface area contributed by atoms with Crippen LogP contribution in [0.3, 0.4) is 0 Å². The van der Waals surface area contributed by atoms with Gasteiger partial charge in [-0.25, -0.2) is 8.42 Å². The molecule has 1 saturated heterocycles. The molecule has 6 nitrogen and oxygen atoms in total. The highest BCUT2D eigenvalue weighted by Crippen LogP contribution is 2.23. The van der Waals surface area contributed by atoms with E-state index in [0.717, 1.165) is 17.7 Å². The van der Waals surface area contributed by atoms with Crippen LogP contribution in [0.1, 0.15) is 36.6 Å². The van der Waals surface area contributed by atoms with Crippen LogP contribution in [0, 0.1) is 0 Å². The third-order valence-corrected chi connectivity index (χ3v) is 7.59. The second-order valence-electron chi connectivity index (χ2n) is 8.50. The molecule has 2 aromatic carbocycles. The summed E-state index contributed by atoms with van der Waals surface area (Å²) in [6, 6.07) is 17.7. The van der Waals surface area contributed by atoms with Gasteiger partial charge in [0.25, 0.3) is 0 Å². The zero-order chi connectivity index (χ0) is 22.4. The molecule has 1 atom stereocenters. The quantitative estimate of drug-likeness (QED) is 0.679. The molecule has 0 aromatic heterocycles. The molecule has 0 spiro atoms. The van der Waals surface area contributed by atoms with Gasteiger partial charge in [0.1, 0.15) is 6.04 Å². The van der Waals surface area contributed by atoms with E-state index >= 15 is 0 Å². The lowest BCUT2D eigenvalue weighted by Gasteiger charge is -2.33. The molecular formula is C24H33N3O3S. The van der Waals surface area contributed by atoms with E-state index in [2.05, 4.69) is 43.2 Å². The lowest BCUT2D eigenvalue weighted by molar-refractivity contribution is -0.126. The molecule has 1 amide bonds. The van der Waals surface area contributed by atoms with E-state index in [0.29, 0.717) is 25.7 Å². The van der Waals surface area contributed by atoms with Gasteiger partial charge in [-0.15, -0.1) is 0 Å². The van der Waals surface area contributed by atoms with Crippen molar-refractivity contribution in [3.8, 4) is 0 Å². The standard InChI is InChI=1S/C24H33N3O3S/c1-19(2)26(3)18-22-12-8-7-11-21(22)17-25-24(28)23(20-9-5-4-6-10-20)27-13-15-31(29,30)16-14-27/h4-12,19,23H,13-18H2,1-3H3,(H,25,28). The summed E-state index contributed by atoms with van der Waals surface area (Å²) in [5.41, 5.74) is 3.17. The summed E-state index contributed by atoms with van der Waals surface area (Å²) in [6.07, 6.45) is 0. The third-order valence-electron chi connectivity index (χ3n) is 5.98. The van der Waals surface area contributed by atoms with Gasteiger partial charge in [-0.2, -0.15) is 0 Å². The fourth-order valence-corrected chi connectivity index (χ4v) is 4.99. The molecule has 1 N–H and O–H groups in total. The molecule has 1 aliphatic heterocycles. The highest BCUT2D eigenvalue weighted by molar-refractivity contribution is 7.91. The van der Waals surface area contributed by atoms with Crippen LogP contribution in [-0.2, 0) is 27.7 Å². The summed E-state index contributed by atoms with van der Waals surface area (Å²) in [7, 11) is -0.922. The van der Waals surface area contributed by atoms with Crippen molar-refractivity contribution < 1.29 is 13.2 Å². The summed E-state index contributed by atoms with van der Waals surface area (Å²) in [4.78, 5) is 17.5. The predicted molar refractivity (Wildman–Crippen MR) is 124 cm³/mol. The van der Waals surface area contributed by atoms with Gasteiger partial charge in [-0.3, -0.25) is 14.6 Å². The number of sulfone groups is 1. The average Bonchev–Trinajstić information content (AvgIpc) is 2.75. The summed E-state index contributed by atoms with van der Waals surface area (Å²) in [6.45, 7) is 6.31. The molecule has 1 fully saturated rings. The maximum atomic E-state index is 13.3. The number of benzene rings is 2. The topological polar surface area (TPSA) is 69.7 Å². The zero-order valence-corrected chi connectivity index (χ0v) is 19.4. The van der Waals surface area contributed by atoms with Crippen LogP contribution in [0.5, 0.6) is 0 Å². The molecule has 3 rings (SSSR count). The Morgan fingerprint density at radius 2 is 1.58 bits per heavy atom. The van der Waals surface area contributed by atoms with E-state index in [4.69, 9.17) is 0 Å². The van der Waals surface area contributed by atoms with Crippen LogP contribution in [0.15, 0.2) is 54.6 Å². The van der Waals surface area contributed by atoms with Crippen molar-refractivity contribution in [3.63, 3.8) is 0 Å². The number of amides is 1. The Morgan fingerprint density at radius 1 is 1.00 bits per heavy atom. The van der Waals surface area contributed by atoms with Gasteiger partial charge in [0, 0.05) is 32.2 Å². The molecule has 31 heavy (non-hydrogen) atoms. The Balaban J connectivity index is 1.75. The summed E-state index contributed by atoms with van der Waals surface area (Å²) >= 11 is 0. The first kappa shape index (κ1) is 23.4. The van der Waals surface area contributed by atoms with Gasteiger partial charge < -0.3 is 5.32 Å². The molecule has 1 aliphatic rings. The summed E-state index contributed by atoms with van der Waals surface area (Å²) < 4.78 is 23.8. The first-order chi connectivity index (χ1) is 14.8. The minimum atomic E-state index is -3.01. The maximum Gasteiger partial charge on any atom is 0.242 e. The molecule has 1 unspecified atom stereocenters. The van der Waals surface area contributed by atoms with Crippen LogP contribution in [-0.4, -0.2) is 61.8 Å². The molecule has 2 aromatic rings.